The van der Waals surface area contributed by atoms with Gasteiger partial charge in [0.25, 0.3) is 11.8 Å². The zero-order valence-corrected chi connectivity index (χ0v) is 17.8. The summed E-state index contributed by atoms with van der Waals surface area (Å²) in [5.41, 5.74) is 2.93. The Morgan fingerprint density at radius 2 is 2.06 bits per heavy atom. The number of carbonyl (C=O) groups is 2. The molecular weight excluding hydrogens is 422 g/mol. The third kappa shape index (κ3) is 3.00. The molecule has 0 bridgehead atoms. The van der Waals surface area contributed by atoms with Gasteiger partial charge in [-0.25, -0.2) is 0 Å². The highest BCUT2D eigenvalue weighted by molar-refractivity contribution is 6.00. The number of amides is 2. The number of hydrogen-bond donors (Lipinski definition) is 3. The monoisotopic (exact) mass is 443 g/mol. The van der Waals surface area contributed by atoms with Crippen LogP contribution >= 0.6 is 0 Å². The Morgan fingerprint density at radius 1 is 1.15 bits per heavy atom. The van der Waals surface area contributed by atoms with Gasteiger partial charge in [-0.2, -0.15) is 5.10 Å². The van der Waals surface area contributed by atoms with E-state index < -0.39 is 5.54 Å². The fourth-order valence-electron chi connectivity index (χ4n) is 4.63. The van der Waals surface area contributed by atoms with Gasteiger partial charge in [0.2, 0.25) is 0 Å². The zero-order valence-electron chi connectivity index (χ0n) is 17.8. The van der Waals surface area contributed by atoms with Crippen LogP contribution in [0.25, 0.3) is 22.1 Å². The van der Waals surface area contributed by atoms with Crippen LogP contribution in [-0.2, 0) is 16.9 Å². The number of hydrogen-bond acceptors (Lipinski definition) is 6. The van der Waals surface area contributed by atoms with E-state index in [2.05, 4.69) is 20.8 Å². The number of nitrogens with one attached hydrogen (secondary N) is 3. The first-order chi connectivity index (χ1) is 16.1. The highest BCUT2D eigenvalue weighted by Gasteiger charge is 2.49. The largest absolute Gasteiger partial charge is 0.497 e. The van der Waals surface area contributed by atoms with Gasteiger partial charge in [0, 0.05) is 29.3 Å². The van der Waals surface area contributed by atoms with Gasteiger partial charge in [0.05, 0.1) is 26.5 Å². The smallest absolute Gasteiger partial charge is 0.254 e. The minimum Gasteiger partial charge on any atom is -0.497 e. The maximum Gasteiger partial charge on any atom is 0.254 e. The van der Waals surface area contributed by atoms with E-state index in [4.69, 9.17) is 9.15 Å². The summed E-state index contributed by atoms with van der Waals surface area (Å²) in [6.45, 7) is 0.849. The van der Waals surface area contributed by atoms with E-state index >= 15 is 0 Å². The first-order valence-electron chi connectivity index (χ1n) is 10.6. The Labute approximate surface area is 188 Å². The van der Waals surface area contributed by atoms with Crippen molar-refractivity contribution in [1.82, 2.24) is 25.7 Å². The summed E-state index contributed by atoms with van der Waals surface area (Å²) >= 11 is 0. The average molecular weight is 443 g/mol. The Hall–Kier alpha value is -4.11. The molecule has 0 aliphatic carbocycles. The number of aromatic nitrogens is 2. The van der Waals surface area contributed by atoms with Crippen molar-refractivity contribution >= 4 is 22.8 Å². The Bertz CT molecular complexity index is 1390. The molecule has 9 heteroatoms. The molecule has 166 valence electrons. The topological polar surface area (TPSA) is 112 Å². The number of aromatic amines is 1. The molecule has 2 aromatic heterocycles. The molecule has 0 radical (unpaired) electrons. The fraction of sp³-hybridized carbons (Fsp3) is 0.208. The Morgan fingerprint density at radius 3 is 2.82 bits per heavy atom. The molecule has 9 nitrogen and oxygen atoms in total. The number of fused-ring (bicyclic) bond motifs is 2. The van der Waals surface area contributed by atoms with Gasteiger partial charge in [0.1, 0.15) is 17.1 Å². The van der Waals surface area contributed by atoms with Crippen molar-refractivity contribution in [3.63, 3.8) is 0 Å². The van der Waals surface area contributed by atoms with E-state index in [1.165, 1.54) is 0 Å². The van der Waals surface area contributed by atoms with Crippen molar-refractivity contribution < 1.29 is 18.7 Å². The molecule has 1 fully saturated rings. The first kappa shape index (κ1) is 19.6. The predicted molar refractivity (Wildman–Crippen MR) is 119 cm³/mol. The fourth-order valence-corrected chi connectivity index (χ4v) is 4.63. The highest BCUT2D eigenvalue weighted by atomic mass is 16.5. The summed E-state index contributed by atoms with van der Waals surface area (Å²) in [5.74, 6) is 0.736. The van der Waals surface area contributed by atoms with Gasteiger partial charge in [-0.15, -0.1) is 0 Å². The van der Waals surface area contributed by atoms with Crippen LogP contribution in [-0.4, -0.2) is 47.2 Å². The van der Waals surface area contributed by atoms with Crippen molar-refractivity contribution in [2.24, 2.45) is 0 Å². The second kappa shape index (κ2) is 7.21. The maximum atomic E-state index is 13.2. The molecule has 1 unspecified atom stereocenters. The Kier molecular flexibility index (Phi) is 4.27. The van der Waals surface area contributed by atoms with Crippen LogP contribution in [0.2, 0.25) is 0 Å². The summed E-state index contributed by atoms with van der Waals surface area (Å²) in [7, 11) is 1.57. The van der Waals surface area contributed by atoms with Crippen molar-refractivity contribution in [1.29, 1.82) is 0 Å². The number of furan rings is 1. The molecule has 33 heavy (non-hydrogen) atoms. The normalized spacial score (nSPS) is 19.8. The number of methoxy groups -OCH3 is 1. The number of H-pyrrole nitrogens is 1. The minimum absolute atomic E-state index is 0.136. The number of rotatable bonds is 5. The molecule has 6 rings (SSSR count). The summed E-state index contributed by atoms with van der Waals surface area (Å²) in [6.07, 6.45) is 3.57. The molecule has 4 heterocycles. The van der Waals surface area contributed by atoms with E-state index in [1.54, 1.807) is 24.3 Å². The van der Waals surface area contributed by atoms with Crippen molar-refractivity contribution in [3.05, 3.63) is 71.7 Å². The van der Waals surface area contributed by atoms with E-state index in [0.29, 0.717) is 35.9 Å². The van der Waals surface area contributed by atoms with Crippen molar-refractivity contribution in [3.8, 4) is 16.9 Å². The van der Waals surface area contributed by atoms with E-state index in [1.807, 2.05) is 42.6 Å². The lowest BCUT2D eigenvalue weighted by Gasteiger charge is -2.29. The molecule has 0 saturated carbocycles. The third-order valence-corrected chi connectivity index (χ3v) is 6.42. The zero-order chi connectivity index (χ0) is 22.6. The quantitative estimate of drug-likeness (QED) is 0.437. The summed E-state index contributed by atoms with van der Waals surface area (Å²) < 4.78 is 11.4. The van der Waals surface area contributed by atoms with E-state index in [0.717, 1.165) is 22.1 Å². The molecule has 2 aliphatic rings. The van der Waals surface area contributed by atoms with Gasteiger partial charge in [-0.3, -0.25) is 20.0 Å². The molecule has 2 aliphatic heterocycles. The second-order valence-electron chi connectivity index (χ2n) is 8.30. The van der Waals surface area contributed by atoms with E-state index in [9.17, 15) is 9.59 Å². The Balaban J connectivity index is 1.37. The van der Waals surface area contributed by atoms with Crippen LogP contribution in [0.5, 0.6) is 5.75 Å². The molecule has 1 saturated heterocycles. The molecule has 1 atom stereocenters. The van der Waals surface area contributed by atoms with Crippen LogP contribution in [0.15, 0.2) is 59.3 Å². The minimum atomic E-state index is -1.18. The summed E-state index contributed by atoms with van der Waals surface area (Å²) in [4.78, 5) is 27.9. The summed E-state index contributed by atoms with van der Waals surface area (Å²) in [5, 5.41) is 13.8. The molecule has 3 N–H and O–H groups in total. The van der Waals surface area contributed by atoms with Gasteiger partial charge in [-0.1, -0.05) is 12.1 Å². The SMILES string of the molecule is COc1ccc2c(c1)C(=O)N(CC1(c3cc4cc(-c5cn[nH]c5)ccc4o3)NCNC1=O)C2. The van der Waals surface area contributed by atoms with Gasteiger partial charge < -0.3 is 19.4 Å². The van der Waals surface area contributed by atoms with Crippen molar-refractivity contribution in [2.45, 2.75) is 12.1 Å². The average Bonchev–Trinajstić information content (AvgIpc) is 3.61. The molecular formula is C24H21N5O4. The predicted octanol–water partition coefficient (Wildman–Crippen LogP) is 2.36. The lowest BCUT2D eigenvalue weighted by Crippen LogP contribution is -2.52. The lowest BCUT2D eigenvalue weighted by atomic mass is 9.95. The molecule has 2 aromatic carbocycles. The number of benzene rings is 2. The maximum absolute atomic E-state index is 13.2. The van der Waals surface area contributed by atoms with Crippen molar-refractivity contribution in [2.75, 3.05) is 20.3 Å². The summed E-state index contributed by atoms with van der Waals surface area (Å²) in [6, 6.07) is 13.2. The van der Waals surface area contributed by atoms with Gasteiger partial charge in [0.15, 0.2) is 5.54 Å². The standard InChI is InChI=1S/C24H21N5O4/c1-32-18-4-2-15-11-29(22(30)19(15)8-18)12-24(23(31)25-13-26-24)21-7-16-6-14(3-5-20(16)33-21)17-9-27-28-10-17/h2-10,26H,11-13H2,1H3,(H,25,31)(H,27,28). The highest BCUT2D eigenvalue weighted by Crippen LogP contribution is 2.35. The van der Waals surface area contributed by atoms with Gasteiger partial charge in [-0.05, 0) is 41.5 Å². The van der Waals surface area contributed by atoms with Crippen LogP contribution in [0.4, 0.5) is 0 Å². The van der Waals surface area contributed by atoms with Gasteiger partial charge >= 0.3 is 0 Å². The van der Waals surface area contributed by atoms with E-state index in [-0.39, 0.29) is 18.4 Å². The first-order valence-corrected chi connectivity index (χ1v) is 10.6. The van der Waals surface area contributed by atoms with Crippen LogP contribution in [0.1, 0.15) is 21.7 Å². The van der Waals surface area contributed by atoms with Crippen LogP contribution < -0.4 is 15.4 Å². The second-order valence-corrected chi connectivity index (χ2v) is 8.30. The molecule has 4 aromatic rings. The van der Waals surface area contributed by atoms with Crippen LogP contribution in [0.3, 0.4) is 0 Å². The van der Waals surface area contributed by atoms with Crippen LogP contribution in [0, 0.1) is 0 Å². The number of nitrogens with zero attached hydrogens (tertiary/aromatic N) is 2. The molecule has 2 amide bonds. The number of carbonyl (C=O) groups excluding carboxylic acids is 2. The lowest BCUT2D eigenvalue weighted by molar-refractivity contribution is -0.125. The third-order valence-electron chi connectivity index (χ3n) is 6.42. The molecule has 0 spiro atoms. The number of ether oxygens (including phenoxy) is 1.